The molecule has 0 spiro atoms. The summed E-state index contributed by atoms with van der Waals surface area (Å²) in [5.74, 6) is -0.778. The number of aryl methyl sites for hydroxylation is 1. The molecule has 0 unspecified atom stereocenters. The number of carbonyl (C=O) groups excluding carboxylic acids is 1. The Hall–Kier alpha value is -1.56. The Balaban J connectivity index is 2.42. The molecule has 0 aliphatic rings. The Morgan fingerprint density at radius 1 is 1.50 bits per heavy atom. The van der Waals surface area contributed by atoms with Gasteiger partial charge in [0.25, 0.3) is 0 Å². The molecule has 0 atom stereocenters. The second-order valence-corrected chi connectivity index (χ2v) is 4.06. The number of benzene rings is 1. The van der Waals surface area contributed by atoms with Crippen molar-refractivity contribution in [2.24, 2.45) is 7.05 Å². The fourth-order valence-corrected chi connectivity index (χ4v) is 1.53. The molecule has 0 radical (unpaired) electrons. The zero-order valence-corrected chi connectivity index (χ0v) is 9.90. The lowest BCUT2D eigenvalue weighted by atomic mass is 10.1. The monoisotopic (exact) mass is 283 g/mol. The molecule has 16 heavy (non-hydrogen) atoms. The zero-order valence-electron chi connectivity index (χ0n) is 8.32. The second kappa shape index (κ2) is 4.13. The molecular formula is C10H7BrFN3O. The number of aromatic nitrogens is 3. The van der Waals surface area contributed by atoms with Gasteiger partial charge in [-0.25, -0.2) is 9.07 Å². The maximum Gasteiger partial charge on any atom is 0.212 e. The lowest BCUT2D eigenvalue weighted by Crippen LogP contribution is -2.08. The summed E-state index contributed by atoms with van der Waals surface area (Å²) in [5, 5.41) is 7.24. The first kappa shape index (κ1) is 10.9. The lowest BCUT2D eigenvalue weighted by molar-refractivity contribution is 0.103. The van der Waals surface area contributed by atoms with Crippen molar-refractivity contribution in [3.8, 4) is 0 Å². The van der Waals surface area contributed by atoms with Gasteiger partial charge in [-0.3, -0.25) is 4.79 Å². The number of rotatable bonds is 2. The first-order valence-corrected chi connectivity index (χ1v) is 5.23. The minimum atomic E-state index is -0.471. The van der Waals surface area contributed by atoms with Crippen LogP contribution in [0.2, 0.25) is 0 Å². The van der Waals surface area contributed by atoms with Crippen molar-refractivity contribution in [2.75, 3.05) is 0 Å². The molecule has 0 saturated heterocycles. The molecule has 2 aromatic rings. The summed E-state index contributed by atoms with van der Waals surface area (Å²) < 4.78 is 14.9. The normalized spacial score (nSPS) is 10.4. The molecule has 0 bridgehead atoms. The number of hydrogen-bond donors (Lipinski definition) is 0. The highest BCUT2D eigenvalue weighted by atomic mass is 79.9. The van der Waals surface area contributed by atoms with Crippen LogP contribution in [0.1, 0.15) is 16.1 Å². The van der Waals surface area contributed by atoms with Gasteiger partial charge in [0.15, 0.2) is 0 Å². The van der Waals surface area contributed by atoms with E-state index in [1.165, 1.54) is 23.0 Å². The number of nitrogens with zero attached hydrogens (tertiary/aromatic N) is 3. The highest BCUT2D eigenvalue weighted by molar-refractivity contribution is 9.10. The largest absolute Gasteiger partial charge is 0.287 e. The fourth-order valence-electron chi connectivity index (χ4n) is 1.28. The standard InChI is InChI=1S/C10H7BrFN3O/c1-15-9(5-13-14-15)10(16)6-2-3-7(11)8(12)4-6/h2-5H,1H3. The minimum Gasteiger partial charge on any atom is -0.287 e. The van der Waals surface area contributed by atoms with Crippen LogP contribution in [0.5, 0.6) is 0 Å². The molecule has 0 fully saturated rings. The van der Waals surface area contributed by atoms with E-state index in [1.54, 1.807) is 13.1 Å². The van der Waals surface area contributed by atoms with Gasteiger partial charge in [0.05, 0.1) is 10.7 Å². The Labute approximate surface area is 99.2 Å². The van der Waals surface area contributed by atoms with E-state index in [-0.39, 0.29) is 11.3 Å². The molecule has 0 N–H and O–H groups in total. The summed E-state index contributed by atoms with van der Waals surface area (Å²) in [6, 6.07) is 4.22. The maximum absolute atomic E-state index is 13.2. The SMILES string of the molecule is Cn1nncc1C(=O)c1ccc(Br)c(F)c1. The smallest absolute Gasteiger partial charge is 0.212 e. The quantitative estimate of drug-likeness (QED) is 0.792. The van der Waals surface area contributed by atoms with E-state index in [4.69, 9.17) is 0 Å². The number of ketones is 1. The predicted molar refractivity (Wildman–Crippen MR) is 58.5 cm³/mol. The second-order valence-electron chi connectivity index (χ2n) is 3.20. The van der Waals surface area contributed by atoms with Crippen molar-refractivity contribution in [1.29, 1.82) is 0 Å². The van der Waals surface area contributed by atoms with Crippen LogP contribution in [0.25, 0.3) is 0 Å². The molecule has 1 heterocycles. The van der Waals surface area contributed by atoms with E-state index in [1.807, 2.05) is 0 Å². The van der Waals surface area contributed by atoms with Crippen LogP contribution in [0.4, 0.5) is 4.39 Å². The van der Waals surface area contributed by atoms with Crippen LogP contribution in [-0.2, 0) is 7.05 Å². The van der Waals surface area contributed by atoms with E-state index >= 15 is 0 Å². The maximum atomic E-state index is 13.2. The van der Waals surface area contributed by atoms with Gasteiger partial charge in [0.2, 0.25) is 5.78 Å². The van der Waals surface area contributed by atoms with Crippen molar-refractivity contribution < 1.29 is 9.18 Å². The van der Waals surface area contributed by atoms with Crippen molar-refractivity contribution in [2.45, 2.75) is 0 Å². The van der Waals surface area contributed by atoms with E-state index in [0.29, 0.717) is 10.2 Å². The van der Waals surface area contributed by atoms with Crippen LogP contribution in [0, 0.1) is 5.82 Å². The Morgan fingerprint density at radius 2 is 2.25 bits per heavy atom. The molecule has 6 heteroatoms. The molecule has 1 aromatic heterocycles. The zero-order chi connectivity index (χ0) is 11.7. The fraction of sp³-hybridized carbons (Fsp3) is 0.100. The Bertz CT molecular complexity index is 553. The summed E-state index contributed by atoms with van der Waals surface area (Å²) in [4.78, 5) is 11.9. The van der Waals surface area contributed by atoms with Crippen molar-refractivity contribution in [1.82, 2.24) is 15.0 Å². The Kier molecular flexibility index (Phi) is 2.82. The van der Waals surface area contributed by atoms with E-state index in [9.17, 15) is 9.18 Å². The molecule has 0 saturated carbocycles. The summed E-state index contributed by atoms with van der Waals surface area (Å²) >= 11 is 3.03. The lowest BCUT2D eigenvalue weighted by Gasteiger charge is -2.01. The van der Waals surface area contributed by atoms with Gasteiger partial charge in [0, 0.05) is 12.6 Å². The van der Waals surface area contributed by atoms with Gasteiger partial charge >= 0.3 is 0 Å². The van der Waals surface area contributed by atoms with E-state index < -0.39 is 5.82 Å². The van der Waals surface area contributed by atoms with E-state index in [2.05, 4.69) is 26.2 Å². The number of halogens is 2. The minimum absolute atomic E-state index is 0.270. The molecule has 2 rings (SSSR count). The number of carbonyl (C=O) groups is 1. The first-order chi connectivity index (χ1) is 7.59. The van der Waals surface area contributed by atoms with Gasteiger partial charge in [-0.1, -0.05) is 5.21 Å². The highest BCUT2D eigenvalue weighted by Gasteiger charge is 2.14. The molecule has 0 amide bonds. The van der Waals surface area contributed by atoms with Crippen LogP contribution in [0.15, 0.2) is 28.9 Å². The first-order valence-electron chi connectivity index (χ1n) is 4.44. The van der Waals surface area contributed by atoms with Gasteiger partial charge in [-0.15, -0.1) is 5.10 Å². The van der Waals surface area contributed by atoms with Gasteiger partial charge in [-0.2, -0.15) is 0 Å². The predicted octanol–water partition coefficient (Wildman–Crippen LogP) is 1.95. The van der Waals surface area contributed by atoms with Crippen molar-refractivity contribution in [3.63, 3.8) is 0 Å². The van der Waals surface area contributed by atoms with Gasteiger partial charge < -0.3 is 0 Å². The molecule has 4 nitrogen and oxygen atoms in total. The van der Waals surface area contributed by atoms with Crippen LogP contribution in [0.3, 0.4) is 0 Å². The molecule has 0 aliphatic heterocycles. The third kappa shape index (κ3) is 1.88. The van der Waals surface area contributed by atoms with Crippen LogP contribution >= 0.6 is 15.9 Å². The summed E-state index contributed by atoms with van der Waals surface area (Å²) in [7, 11) is 1.61. The summed E-state index contributed by atoms with van der Waals surface area (Å²) in [5.41, 5.74) is 0.591. The van der Waals surface area contributed by atoms with Crippen molar-refractivity contribution >= 4 is 21.7 Å². The molecule has 1 aromatic carbocycles. The average molecular weight is 284 g/mol. The molecule has 0 aliphatic carbocycles. The average Bonchev–Trinajstić information content (AvgIpc) is 2.67. The third-order valence-electron chi connectivity index (χ3n) is 2.13. The third-order valence-corrected chi connectivity index (χ3v) is 2.77. The van der Waals surface area contributed by atoms with Gasteiger partial charge in [0.1, 0.15) is 11.5 Å². The van der Waals surface area contributed by atoms with Crippen LogP contribution < -0.4 is 0 Å². The van der Waals surface area contributed by atoms with Crippen LogP contribution in [-0.4, -0.2) is 20.8 Å². The molecular weight excluding hydrogens is 277 g/mol. The molecule has 82 valence electrons. The number of hydrogen-bond acceptors (Lipinski definition) is 3. The summed E-state index contributed by atoms with van der Waals surface area (Å²) in [6.07, 6.45) is 1.35. The van der Waals surface area contributed by atoms with Crippen molar-refractivity contribution in [3.05, 3.63) is 45.9 Å². The highest BCUT2D eigenvalue weighted by Crippen LogP contribution is 2.18. The topological polar surface area (TPSA) is 47.8 Å². The van der Waals surface area contributed by atoms with E-state index in [0.717, 1.165) is 0 Å². The summed E-state index contributed by atoms with van der Waals surface area (Å²) in [6.45, 7) is 0. The Morgan fingerprint density at radius 3 is 2.81 bits per heavy atom. The van der Waals surface area contributed by atoms with Gasteiger partial charge in [-0.05, 0) is 34.1 Å².